The van der Waals surface area contributed by atoms with Gasteiger partial charge in [0.25, 0.3) is 0 Å². The van der Waals surface area contributed by atoms with Crippen LogP contribution in [0.4, 0.5) is 0 Å². The van der Waals surface area contributed by atoms with E-state index in [4.69, 9.17) is 10.2 Å². The standard InChI is InChI=1S/C9H16O3.C2H6/c10-6-8(9(11)12)5-7-3-1-2-4-7;1-2/h7-8,10H,1-6H2,(H,11,12);1-2H3. The summed E-state index contributed by atoms with van der Waals surface area (Å²) >= 11 is 0. The summed E-state index contributed by atoms with van der Waals surface area (Å²) in [6.07, 6.45) is 5.39. The third-order valence-electron chi connectivity index (χ3n) is 2.66. The number of rotatable bonds is 4. The van der Waals surface area contributed by atoms with Crippen molar-refractivity contribution in [3.63, 3.8) is 0 Å². The van der Waals surface area contributed by atoms with Gasteiger partial charge in [-0.2, -0.15) is 0 Å². The predicted molar refractivity (Wildman–Crippen MR) is 56.1 cm³/mol. The van der Waals surface area contributed by atoms with Crippen molar-refractivity contribution >= 4 is 5.97 Å². The first kappa shape index (κ1) is 13.4. The molecule has 0 spiro atoms. The first-order valence-electron chi connectivity index (χ1n) is 5.57. The van der Waals surface area contributed by atoms with Crippen LogP contribution in [0.25, 0.3) is 0 Å². The zero-order valence-electron chi connectivity index (χ0n) is 9.20. The molecule has 1 saturated carbocycles. The number of aliphatic hydroxyl groups is 1. The highest BCUT2D eigenvalue weighted by Gasteiger charge is 2.23. The summed E-state index contributed by atoms with van der Waals surface area (Å²) in [6, 6.07) is 0. The van der Waals surface area contributed by atoms with Crippen LogP contribution >= 0.6 is 0 Å². The van der Waals surface area contributed by atoms with Gasteiger partial charge in [-0.05, 0) is 12.3 Å². The van der Waals surface area contributed by atoms with Gasteiger partial charge >= 0.3 is 5.97 Å². The molecule has 0 bridgehead atoms. The Labute approximate surface area is 86.1 Å². The van der Waals surface area contributed by atoms with Crippen molar-refractivity contribution in [2.45, 2.75) is 46.0 Å². The first-order chi connectivity index (χ1) is 6.74. The highest BCUT2D eigenvalue weighted by Crippen LogP contribution is 2.30. The van der Waals surface area contributed by atoms with Crippen LogP contribution in [0.2, 0.25) is 0 Å². The maximum absolute atomic E-state index is 10.6. The van der Waals surface area contributed by atoms with E-state index in [1.54, 1.807) is 0 Å². The van der Waals surface area contributed by atoms with Gasteiger partial charge in [0, 0.05) is 0 Å². The summed E-state index contributed by atoms with van der Waals surface area (Å²) in [4.78, 5) is 10.6. The minimum absolute atomic E-state index is 0.216. The Hall–Kier alpha value is -0.570. The number of aliphatic hydroxyl groups excluding tert-OH is 1. The van der Waals surface area contributed by atoms with Crippen LogP contribution in [0.15, 0.2) is 0 Å². The molecule has 1 aliphatic carbocycles. The van der Waals surface area contributed by atoms with Crippen molar-refractivity contribution < 1.29 is 15.0 Å². The fourth-order valence-electron chi connectivity index (χ4n) is 1.90. The average Bonchev–Trinajstić information content (AvgIpc) is 2.69. The van der Waals surface area contributed by atoms with E-state index >= 15 is 0 Å². The molecule has 0 heterocycles. The van der Waals surface area contributed by atoms with Crippen molar-refractivity contribution in [3.8, 4) is 0 Å². The molecule has 1 aliphatic rings. The van der Waals surface area contributed by atoms with Crippen LogP contribution in [-0.4, -0.2) is 22.8 Å². The second kappa shape index (κ2) is 7.80. The van der Waals surface area contributed by atoms with E-state index in [-0.39, 0.29) is 6.61 Å². The Morgan fingerprint density at radius 1 is 1.36 bits per heavy atom. The van der Waals surface area contributed by atoms with Gasteiger partial charge in [-0.15, -0.1) is 0 Å². The highest BCUT2D eigenvalue weighted by atomic mass is 16.4. The van der Waals surface area contributed by atoms with E-state index in [0.29, 0.717) is 12.3 Å². The number of carbonyl (C=O) groups is 1. The fraction of sp³-hybridized carbons (Fsp3) is 0.909. The lowest BCUT2D eigenvalue weighted by molar-refractivity contribution is -0.143. The summed E-state index contributed by atoms with van der Waals surface area (Å²) in [7, 11) is 0. The van der Waals surface area contributed by atoms with Gasteiger partial charge in [-0.1, -0.05) is 39.5 Å². The quantitative estimate of drug-likeness (QED) is 0.735. The lowest BCUT2D eigenvalue weighted by Gasteiger charge is -2.13. The summed E-state index contributed by atoms with van der Waals surface area (Å²) in [5.41, 5.74) is 0. The van der Waals surface area contributed by atoms with E-state index in [1.165, 1.54) is 12.8 Å². The molecule has 0 aromatic carbocycles. The number of aliphatic carboxylic acids is 1. The smallest absolute Gasteiger partial charge is 0.308 e. The number of hydrogen-bond donors (Lipinski definition) is 2. The van der Waals surface area contributed by atoms with Crippen LogP contribution < -0.4 is 0 Å². The van der Waals surface area contributed by atoms with E-state index in [9.17, 15) is 4.79 Å². The van der Waals surface area contributed by atoms with Gasteiger partial charge in [0.15, 0.2) is 0 Å². The van der Waals surface area contributed by atoms with Crippen molar-refractivity contribution in [2.75, 3.05) is 6.61 Å². The Bertz CT molecular complexity index is 151. The molecule has 0 aromatic heterocycles. The van der Waals surface area contributed by atoms with E-state index in [2.05, 4.69) is 0 Å². The molecule has 1 rings (SSSR count). The molecular formula is C11H22O3. The monoisotopic (exact) mass is 202 g/mol. The largest absolute Gasteiger partial charge is 0.481 e. The molecule has 1 unspecified atom stereocenters. The van der Waals surface area contributed by atoms with Gasteiger partial charge in [0.05, 0.1) is 12.5 Å². The van der Waals surface area contributed by atoms with Crippen LogP contribution in [-0.2, 0) is 4.79 Å². The van der Waals surface area contributed by atoms with Gasteiger partial charge in [0.1, 0.15) is 0 Å². The molecule has 0 amide bonds. The number of hydrogen-bond acceptors (Lipinski definition) is 2. The van der Waals surface area contributed by atoms with Crippen molar-refractivity contribution in [2.24, 2.45) is 11.8 Å². The second-order valence-electron chi connectivity index (χ2n) is 3.60. The van der Waals surface area contributed by atoms with Crippen LogP contribution in [0.5, 0.6) is 0 Å². The molecule has 84 valence electrons. The third-order valence-corrected chi connectivity index (χ3v) is 2.66. The Kier molecular flexibility index (Phi) is 7.48. The molecule has 0 radical (unpaired) electrons. The zero-order chi connectivity index (χ0) is 11.0. The van der Waals surface area contributed by atoms with Gasteiger partial charge in [-0.3, -0.25) is 4.79 Å². The van der Waals surface area contributed by atoms with Crippen molar-refractivity contribution in [1.82, 2.24) is 0 Å². The number of carboxylic acids is 1. The van der Waals surface area contributed by atoms with Gasteiger partial charge in [0.2, 0.25) is 0 Å². The Morgan fingerprint density at radius 2 is 1.86 bits per heavy atom. The maximum atomic E-state index is 10.6. The molecule has 2 N–H and O–H groups in total. The summed E-state index contributed by atoms with van der Waals surface area (Å²) in [5, 5.41) is 17.4. The van der Waals surface area contributed by atoms with E-state index in [1.807, 2.05) is 13.8 Å². The van der Waals surface area contributed by atoms with Crippen molar-refractivity contribution in [3.05, 3.63) is 0 Å². The average molecular weight is 202 g/mol. The molecule has 0 aromatic rings. The summed E-state index contributed by atoms with van der Waals surface area (Å²) < 4.78 is 0. The van der Waals surface area contributed by atoms with E-state index in [0.717, 1.165) is 12.8 Å². The zero-order valence-corrected chi connectivity index (χ0v) is 9.20. The lowest BCUT2D eigenvalue weighted by atomic mass is 9.94. The summed E-state index contributed by atoms with van der Waals surface area (Å²) in [5.74, 6) is -0.851. The molecule has 14 heavy (non-hydrogen) atoms. The highest BCUT2D eigenvalue weighted by molar-refractivity contribution is 5.70. The SMILES string of the molecule is CC.O=C(O)C(CO)CC1CCCC1. The van der Waals surface area contributed by atoms with Crippen LogP contribution in [0.1, 0.15) is 46.0 Å². The minimum atomic E-state index is -0.857. The Morgan fingerprint density at radius 3 is 2.21 bits per heavy atom. The molecule has 3 nitrogen and oxygen atoms in total. The second-order valence-corrected chi connectivity index (χ2v) is 3.60. The molecule has 0 saturated heterocycles. The van der Waals surface area contributed by atoms with Gasteiger partial charge in [-0.25, -0.2) is 0 Å². The van der Waals surface area contributed by atoms with Crippen molar-refractivity contribution in [1.29, 1.82) is 0 Å². The minimum Gasteiger partial charge on any atom is -0.481 e. The molecule has 1 fully saturated rings. The normalized spacial score (nSPS) is 18.5. The molecule has 3 heteroatoms. The molecular weight excluding hydrogens is 180 g/mol. The lowest BCUT2D eigenvalue weighted by Crippen LogP contribution is -2.20. The predicted octanol–water partition coefficient (Wildman–Crippen LogP) is 2.29. The number of carboxylic acid groups (broad SMARTS) is 1. The first-order valence-corrected chi connectivity index (χ1v) is 5.57. The van der Waals surface area contributed by atoms with Crippen LogP contribution in [0, 0.1) is 11.8 Å². The topological polar surface area (TPSA) is 57.5 Å². The summed E-state index contributed by atoms with van der Waals surface area (Å²) in [6.45, 7) is 3.78. The third kappa shape index (κ3) is 4.61. The van der Waals surface area contributed by atoms with Gasteiger partial charge < -0.3 is 10.2 Å². The molecule has 1 atom stereocenters. The Balaban J connectivity index is 0.000000791. The van der Waals surface area contributed by atoms with Crippen LogP contribution in [0.3, 0.4) is 0 Å². The molecule has 0 aliphatic heterocycles. The van der Waals surface area contributed by atoms with E-state index < -0.39 is 11.9 Å². The fourth-order valence-corrected chi connectivity index (χ4v) is 1.90. The maximum Gasteiger partial charge on any atom is 0.308 e.